The Kier molecular flexibility index (Phi) is 17.9. The molecular weight excluding hydrogens is 833 g/mol. The van der Waals surface area contributed by atoms with Crippen molar-refractivity contribution >= 4 is 52.7 Å². The van der Waals surface area contributed by atoms with E-state index >= 15 is 0 Å². The molecule has 0 fully saturated rings. The molecule has 0 aromatic heterocycles. The minimum Gasteiger partial charge on any atom is -0.482 e. The van der Waals surface area contributed by atoms with Crippen molar-refractivity contribution < 1.29 is 43.7 Å². The van der Waals surface area contributed by atoms with Crippen LogP contribution in [0.2, 0.25) is 10.0 Å². The van der Waals surface area contributed by atoms with Crippen LogP contribution in [-0.2, 0) is 30.3 Å². The third-order valence-corrected chi connectivity index (χ3v) is 11.1. The molecule has 1 aliphatic rings. The molecule has 7 atom stereocenters. The zero-order valence-corrected chi connectivity index (χ0v) is 37.5. The van der Waals surface area contributed by atoms with E-state index in [4.69, 9.17) is 32.7 Å². The molecule has 4 N–H and O–H groups in total. The normalized spacial score (nSPS) is 24.1. The maximum Gasteiger partial charge on any atom is 0.332 e. The predicted octanol–water partition coefficient (Wildman–Crippen LogP) is 6.60. The number of cyclic esters (lactones) is 1. The number of ketones is 1. The highest BCUT2D eigenvalue weighted by molar-refractivity contribution is 6.37. The predicted molar refractivity (Wildman–Crippen MR) is 238 cm³/mol. The van der Waals surface area contributed by atoms with Gasteiger partial charge in [-0.05, 0) is 56.0 Å². The Hall–Kier alpha value is -5.45. The Morgan fingerprint density at radius 1 is 1.00 bits per heavy atom. The summed E-state index contributed by atoms with van der Waals surface area (Å²) in [5.74, 6) is 1.40. The molecule has 62 heavy (non-hydrogen) atoms. The molecule has 0 spiro atoms. The van der Waals surface area contributed by atoms with Crippen LogP contribution in [0.25, 0.3) is 0 Å². The van der Waals surface area contributed by atoms with Crippen molar-refractivity contribution in [2.75, 3.05) is 13.7 Å². The Bertz CT molecular complexity index is 2170. The molecule has 3 aromatic rings. The van der Waals surface area contributed by atoms with E-state index in [0.717, 1.165) is 0 Å². The number of halogens is 2. The van der Waals surface area contributed by atoms with Crippen molar-refractivity contribution in [3.63, 3.8) is 0 Å². The number of ether oxygens (including phenoxy) is 2. The zero-order chi connectivity index (χ0) is 45.7. The van der Waals surface area contributed by atoms with Crippen LogP contribution in [0.3, 0.4) is 0 Å². The second-order valence-corrected chi connectivity index (χ2v) is 16.8. The number of aliphatic hydroxyl groups excluding tert-OH is 1. The molecule has 3 amide bonds. The SMILES string of the molecule is CC[C@H](C)[C@H]1C(=O)N[C@H](Cc2cc(Cl)c(OCC(=O)c3ccccc3)c(Cl)c2)C(=O)N[C@@H](C(C)(C)O)C(=O)O[C@H](c2ccccc2)[C@H](C)/C=C/C#C[C@H](O)C/C=C(\C)C(=O)N1C. The number of aliphatic hydroxyl groups is 2. The second-order valence-electron chi connectivity index (χ2n) is 16.0. The lowest BCUT2D eigenvalue weighted by Gasteiger charge is -2.34. The van der Waals surface area contributed by atoms with Crippen LogP contribution >= 0.6 is 23.2 Å². The van der Waals surface area contributed by atoms with Gasteiger partial charge in [-0.25, -0.2) is 4.79 Å². The van der Waals surface area contributed by atoms with Gasteiger partial charge in [0, 0.05) is 36.9 Å². The summed E-state index contributed by atoms with van der Waals surface area (Å²) in [5.41, 5.74) is -0.180. The fourth-order valence-electron chi connectivity index (χ4n) is 6.82. The lowest BCUT2D eigenvalue weighted by atomic mass is 9.94. The Morgan fingerprint density at radius 3 is 2.21 bits per heavy atom. The van der Waals surface area contributed by atoms with E-state index in [1.807, 2.05) is 13.0 Å². The number of hydrogen-bond acceptors (Lipinski definition) is 9. The van der Waals surface area contributed by atoms with E-state index in [1.165, 1.54) is 44.0 Å². The maximum atomic E-state index is 14.5. The van der Waals surface area contributed by atoms with E-state index in [1.54, 1.807) is 87.5 Å². The van der Waals surface area contributed by atoms with Crippen LogP contribution in [0.4, 0.5) is 0 Å². The zero-order valence-electron chi connectivity index (χ0n) is 36.0. The molecule has 0 radical (unpaired) electrons. The van der Waals surface area contributed by atoms with Gasteiger partial charge in [0.25, 0.3) is 0 Å². The Morgan fingerprint density at radius 2 is 1.61 bits per heavy atom. The second kappa shape index (κ2) is 22.6. The highest BCUT2D eigenvalue weighted by Crippen LogP contribution is 2.35. The van der Waals surface area contributed by atoms with Crippen molar-refractivity contribution in [3.05, 3.63) is 123 Å². The number of esters is 1. The minimum absolute atomic E-state index is 0.0245. The molecule has 0 aliphatic carbocycles. The van der Waals surface area contributed by atoms with Gasteiger partial charge in [0.1, 0.15) is 24.3 Å². The lowest BCUT2D eigenvalue weighted by molar-refractivity contribution is -0.162. The largest absolute Gasteiger partial charge is 0.482 e. The first-order valence-electron chi connectivity index (χ1n) is 20.4. The van der Waals surface area contributed by atoms with Crippen LogP contribution in [0.5, 0.6) is 5.75 Å². The van der Waals surface area contributed by atoms with Gasteiger partial charge in [-0.3, -0.25) is 19.2 Å². The summed E-state index contributed by atoms with van der Waals surface area (Å²) in [6, 6.07) is 16.3. The highest BCUT2D eigenvalue weighted by Gasteiger charge is 2.41. The van der Waals surface area contributed by atoms with Gasteiger partial charge in [0.15, 0.2) is 24.2 Å². The molecule has 1 heterocycles. The quantitative estimate of drug-likeness (QED) is 0.0995. The average Bonchev–Trinajstić information content (AvgIpc) is 3.23. The number of hydrogen-bond donors (Lipinski definition) is 4. The molecule has 14 heteroatoms. The van der Waals surface area contributed by atoms with Gasteiger partial charge < -0.3 is 35.2 Å². The molecule has 12 nitrogen and oxygen atoms in total. The van der Waals surface area contributed by atoms with Crippen LogP contribution < -0.4 is 15.4 Å². The van der Waals surface area contributed by atoms with E-state index < -0.39 is 71.5 Å². The van der Waals surface area contributed by atoms with Crippen molar-refractivity contribution in [2.24, 2.45) is 11.8 Å². The van der Waals surface area contributed by atoms with Crippen LogP contribution in [0.15, 0.2) is 96.6 Å². The molecule has 330 valence electrons. The summed E-state index contributed by atoms with van der Waals surface area (Å²) in [6.45, 7) is 9.35. The van der Waals surface area contributed by atoms with Gasteiger partial charge in [0.2, 0.25) is 17.7 Å². The van der Waals surface area contributed by atoms with Crippen molar-refractivity contribution in [1.82, 2.24) is 15.5 Å². The molecule has 0 unspecified atom stereocenters. The number of carbonyl (C=O) groups excluding carboxylic acids is 5. The van der Waals surface area contributed by atoms with Crippen LogP contribution in [0.1, 0.15) is 82.0 Å². The number of carbonyl (C=O) groups is 5. The standard InChI is InChI=1S/C48H55Cl2N3O9/c1-8-29(2)40-45(57)51-38(27-32-25-36(49)42(37(50)26-32)61-28-39(55)33-18-11-9-12-19-33)44(56)52-43(48(5,6)60)47(59)62-41(34-20-13-10-14-21-34)30(3)17-15-16-22-35(54)24-23-31(4)46(58)53(40)7/h9-15,17-21,23,25-26,29-30,35,38,40-41,43,54,60H,8,24,27-28H2,1-7H3,(H,51,57)(H,52,56)/b17-15+,31-23+/t29-,30+,35-,38+,40-,41-,43+/m0/s1. The van der Waals surface area contributed by atoms with Gasteiger partial charge >= 0.3 is 5.97 Å². The van der Waals surface area contributed by atoms with Gasteiger partial charge in [-0.1, -0.05) is 135 Å². The fraction of sp³-hybridized carbons (Fsp3) is 0.396. The Labute approximate surface area is 373 Å². The molecule has 0 bridgehead atoms. The van der Waals surface area contributed by atoms with Crippen LogP contribution in [-0.4, -0.2) is 88.1 Å². The third-order valence-electron chi connectivity index (χ3n) is 10.6. The van der Waals surface area contributed by atoms with E-state index in [9.17, 15) is 34.2 Å². The van der Waals surface area contributed by atoms with Crippen LogP contribution in [0, 0.1) is 23.7 Å². The number of likely N-dealkylation sites (N-methyl/N-ethyl adjacent to an activating group) is 1. The first-order valence-corrected chi connectivity index (χ1v) is 21.1. The first-order chi connectivity index (χ1) is 29.3. The summed E-state index contributed by atoms with van der Waals surface area (Å²) >= 11 is 13.3. The van der Waals surface area contributed by atoms with E-state index in [2.05, 4.69) is 22.5 Å². The number of Topliss-reactive ketones (excluding diaryl/α,β-unsaturated/α-hetero) is 1. The van der Waals surface area contributed by atoms with Gasteiger partial charge in [0.05, 0.1) is 15.6 Å². The van der Waals surface area contributed by atoms with E-state index in [-0.39, 0.29) is 46.6 Å². The van der Waals surface area contributed by atoms with Crippen molar-refractivity contribution in [1.29, 1.82) is 0 Å². The Balaban J connectivity index is 1.78. The number of benzene rings is 3. The van der Waals surface area contributed by atoms with Crippen molar-refractivity contribution in [3.8, 4) is 17.6 Å². The summed E-state index contributed by atoms with van der Waals surface area (Å²) in [7, 11) is 1.48. The fourth-order valence-corrected chi connectivity index (χ4v) is 7.46. The number of nitrogens with one attached hydrogen (secondary N) is 2. The molecule has 0 saturated carbocycles. The van der Waals surface area contributed by atoms with E-state index in [0.29, 0.717) is 23.1 Å². The number of nitrogens with zero attached hydrogens (tertiary/aromatic N) is 1. The summed E-state index contributed by atoms with van der Waals surface area (Å²) < 4.78 is 11.8. The van der Waals surface area contributed by atoms with Gasteiger partial charge in [-0.15, -0.1) is 0 Å². The summed E-state index contributed by atoms with van der Waals surface area (Å²) in [4.78, 5) is 70.9. The highest BCUT2D eigenvalue weighted by atomic mass is 35.5. The van der Waals surface area contributed by atoms with Gasteiger partial charge in [-0.2, -0.15) is 0 Å². The molecule has 3 aromatic carbocycles. The maximum absolute atomic E-state index is 14.5. The summed E-state index contributed by atoms with van der Waals surface area (Å²) in [5, 5.41) is 27.5. The number of amides is 3. The molecule has 4 rings (SSSR count). The third kappa shape index (κ3) is 13.5. The lowest BCUT2D eigenvalue weighted by Crippen LogP contribution is -2.61. The minimum atomic E-state index is -1.88. The monoisotopic (exact) mass is 887 g/mol. The number of rotatable bonds is 10. The smallest absolute Gasteiger partial charge is 0.332 e. The van der Waals surface area contributed by atoms with Crippen molar-refractivity contribution in [2.45, 2.75) is 96.7 Å². The molecular formula is C48H55Cl2N3O9. The summed E-state index contributed by atoms with van der Waals surface area (Å²) in [6.07, 6.45) is 3.06. The topological polar surface area (TPSA) is 172 Å². The molecule has 1 aliphatic heterocycles. The first kappa shape index (κ1) is 49.2. The molecule has 0 saturated heterocycles. The average molecular weight is 889 g/mol. The number of allylic oxidation sites excluding steroid dienone is 1.